The second-order valence-corrected chi connectivity index (χ2v) is 5.42. The standard InChI is InChI=1S/C18H15NO4/c1-11-3-2-4-12-9-16(23-17(11)12)18(20)19-13-5-6-14-15(10-13)22-8-7-21-14/h2-6,9-10H,7-8H2,1H3,(H,19,20). The largest absolute Gasteiger partial charge is 0.486 e. The molecule has 0 fully saturated rings. The van der Waals surface area contributed by atoms with E-state index in [0.717, 1.165) is 16.5 Å². The summed E-state index contributed by atoms with van der Waals surface area (Å²) in [6, 6.07) is 12.9. The van der Waals surface area contributed by atoms with Crippen LogP contribution in [0.1, 0.15) is 16.1 Å². The molecular formula is C18H15NO4. The number of ether oxygens (including phenoxy) is 2. The molecule has 0 radical (unpaired) electrons. The smallest absolute Gasteiger partial charge is 0.291 e. The van der Waals surface area contributed by atoms with Crippen molar-refractivity contribution < 1.29 is 18.7 Å². The highest BCUT2D eigenvalue weighted by atomic mass is 16.6. The van der Waals surface area contributed by atoms with E-state index in [-0.39, 0.29) is 11.7 Å². The van der Waals surface area contributed by atoms with Crippen molar-refractivity contribution in [2.24, 2.45) is 0 Å². The van der Waals surface area contributed by atoms with Gasteiger partial charge in [0.05, 0.1) is 0 Å². The molecule has 0 aliphatic carbocycles. The Hall–Kier alpha value is -2.95. The molecule has 2 aromatic carbocycles. The Labute approximate surface area is 132 Å². The van der Waals surface area contributed by atoms with E-state index in [4.69, 9.17) is 13.9 Å². The van der Waals surface area contributed by atoms with E-state index >= 15 is 0 Å². The van der Waals surface area contributed by atoms with Crippen LogP contribution in [-0.4, -0.2) is 19.1 Å². The molecule has 0 saturated carbocycles. The Balaban J connectivity index is 1.60. The molecule has 0 atom stereocenters. The first-order chi connectivity index (χ1) is 11.2. The third-order valence-electron chi connectivity index (χ3n) is 3.76. The number of rotatable bonds is 2. The molecule has 0 saturated heterocycles. The first-order valence-electron chi connectivity index (χ1n) is 7.41. The molecule has 4 rings (SSSR count). The van der Waals surface area contributed by atoms with Crippen molar-refractivity contribution in [1.29, 1.82) is 0 Å². The van der Waals surface area contributed by atoms with Crippen LogP contribution in [0.15, 0.2) is 46.9 Å². The van der Waals surface area contributed by atoms with E-state index < -0.39 is 0 Å². The third-order valence-corrected chi connectivity index (χ3v) is 3.76. The summed E-state index contributed by atoms with van der Waals surface area (Å²) in [6.45, 7) is 3.00. The highest BCUT2D eigenvalue weighted by Gasteiger charge is 2.16. The number of para-hydroxylation sites is 1. The van der Waals surface area contributed by atoms with Crippen LogP contribution < -0.4 is 14.8 Å². The van der Waals surface area contributed by atoms with Crippen molar-refractivity contribution in [2.45, 2.75) is 6.92 Å². The Morgan fingerprint density at radius 3 is 2.70 bits per heavy atom. The molecule has 1 aromatic heterocycles. The first-order valence-corrected chi connectivity index (χ1v) is 7.41. The number of carbonyl (C=O) groups is 1. The number of carbonyl (C=O) groups excluding carboxylic acids is 1. The topological polar surface area (TPSA) is 60.7 Å². The second kappa shape index (κ2) is 5.35. The fourth-order valence-electron chi connectivity index (χ4n) is 2.63. The van der Waals surface area contributed by atoms with Gasteiger partial charge in [-0.05, 0) is 30.7 Å². The minimum Gasteiger partial charge on any atom is -0.486 e. The average molecular weight is 309 g/mol. The summed E-state index contributed by atoms with van der Waals surface area (Å²) in [5.41, 5.74) is 2.37. The lowest BCUT2D eigenvalue weighted by Gasteiger charge is -2.18. The van der Waals surface area contributed by atoms with E-state index in [0.29, 0.717) is 30.4 Å². The van der Waals surface area contributed by atoms with Gasteiger partial charge in [-0.25, -0.2) is 0 Å². The van der Waals surface area contributed by atoms with Gasteiger partial charge in [0.25, 0.3) is 5.91 Å². The number of fused-ring (bicyclic) bond motifs is 2. The van der Waals surface area contributed by atoms with Gasteiger partial charge in [0.15, 0.2) is 17.3 Å². The van der Waals surface area contributed by atoms with Crippen LogP contribution >= 0.6 is 0 Å². The van der Waals surface area contributed by atoms with Crippen molar-refractivity contribution in [3.05, 3.63) is 53.8 Å². The molecule has 3 aromatic rings. The lowest BCUT2D eigenvalue weighted by Crippen LogP contribution is -2.16. The summed E-state index contributed by atoms with van der Waals surface area (Å²) in [4.78, 5) is 12.4. The number of benzene rings is 2. The zero-order chi connectivity index (χ0) is 15.8. The van der Waals surface area contributed by atoms with Gasteiger partial charge in [-0.3, -0.25) is 4.79 Å². The molecule has 0 unspecified atom stereocenters. The van der Waals surface area contributed by atoms with Gasteiger partial charge in [-0.2, -0.15) is 0 Å². The van der Waals surface area contributed by atoms with E-state index in [1.165, 1.54) is 0 Å². The maximum atomic E-state index is 12.4. The van der Waals surface area contributed by atoms with E-state index in [1.54, 1.807) is 24.3 Å². The molecule has 5 heteroatoms. The van der Waals surface area contributed by atoms with Crippen LogP contribution in [0.5, 0.6) is 11.5 Å². The Morgan fingerprint density at radius 1 is 1.04 bits per heavy atom. The summed E-state index contributed by atoms with van der Waals surface area (Å²) in [7, 11) is 0. The lowest BCUT2D eigenvalue weighted by atomic mass is 10.2. The molecular weight excluding hydrogens is 294 g/mol. The van der Waals surface area contributed by atoms with Gasteiger partial charge < -0.3 is 19.2 Å². The zero-order valence-corrected chi connectivity index (χ0v) is 12.6. The fraction of sp³-hybridized carbons (Fsp3) is 0.167. The third kappa shape index (κ3) is 2.50. The van der Waals surface area contributed by atoms with Crippen LogP contribution in [0.2, 0.25) is 0 Å². The summed E-state index contributed by atoms with van der Waals surface area (Å²) < 4.78 is 16.7. The second-order valence-electron chi connectivity index (χ2n) is 5.42. The fourth-order valence-corrected chi connectivity index (χ4v) is 2.63. The molecule has 0 spiro atoms. The molecule has 5 nitrogen and oxygen atoms in total. The molecule has 23 heavy (non-hydrogen) atoms. The quantitative estimate of drug-likeness (QED) is 0.783. The van der Waals surface area contributed by atoms with Gasteiger partial charge in [0, 0.05) is 17.1 Å². The number of amides is 1. The van der Waals surface area contributed by atoms with Gasteiger partial charge in [0.1, 0.15) is 18.8 Å². The molecule has 1 amide bonds. The van der Waals surface area contributed by atoms with Crippen LogP contribution in [0.3, 0.4) is 0 Å². The maximum absolute atomic E-state index is 12.4. The van der Waals surface area contributed by atoms with E-state index in [2.05, 4.69) is 5.32 Å². The van der Waals surface area contributed by atoms with Crippen LogP contribution in [0, 0.1) is 6.92 Å². The molecule has 1 aliphatic rings. The monoisotopic (exact) mass is 309 g/mol. The molecule has 2 heterocycles. The minimum absolute atomic E-state index is 0.282. The normalized spacial score (nSPS) is 13.1. The van der Waals surface area contributed by atoms with Crippen molar-refractivity contribution in [3.8, 4) is 11.5 Å². The van der Waals surface area contributed by atoms with E-state index in [1.807, 2.05) is 25.1 Å². The molecule has 0 bridgehead atoms. The van der Waals surface area contributed by atoms with Crippen molar-refractivity contribution in [3.63, 3.8) is 0 Å². The Kier molecular flexibility index (Phi) is 3.19. The highest BCUT2D eigenvalue weighted by Crippen LogP contribution is 2.33. The number of hydrogen-bond donors (Lipinski definition) is 1. The van der Waals surface area contributed by atoms with Gasteiger partial charge >= 0.3 is 0 Å². The summed E-state index contributed by atoms with van der Waals surface area (Å²) in [6.07, 6.45) is 0. The van der Waals surface area contributed by atoms with Crippen LogP contribution in [-0.2, 0) is 0 Å². The first kappa shape index (κ1) is 13.7. The predicted octanol–water partition coefficient (Wildman–Crippen LogP) is 3.76. The number of furan rings is 1. The summed E-state index contributed by atoms with van der Waals surface area (Å²) in [5, 5.41) is 3.73. The Bertz CT molecular complexity index is 897. The lowest BCUT2D eigenvalue weighted by molar-refractivity contribution is 0.0998. The minimum atomic E-state index is -0.294. The van der Waals surface area contributed by atoms with Crippen LogP contribution in [0.4, 0.5) is 5.69 Å². The molecule has 1 aliphatic heterocycles. The number of hydrogen-bond acceptors (Lipinski definition) is 4. The highest BCUT2D eigenvalue weighted by molar-refractivity contribution is 6.05. The van der Waals surface area contributed by atoms with Crippen molar-refractivity contribution in [2.75, 3.05) is 18.5 Å². The zero-order valence-electron chi connectivity index (χ0n) is 12.6. The number of nitrogens with one attached hydrogen (secondary N) is 1. The Morgan fingerprint density at radius 2 is 1.87 bits per heavy atom. The predicted molar refractivity (Wildman–Crippen MR) is 86.3 cm³/mol. The maximum Gasteiger partial charge on any atom is 0.291 e. The van der Waals surface area contributed by atoms with Crippen molar-refractivity contribution >= 4 is 22.6 Å². The van der Waals surface area contributed by atoms with Crippen LogP contribution in [0.25, 0.3) is 11.0 Å². The number of anilines is 1. The summed E-state index contributed by atoms with van der Waals surface area (Å²) >= 11 is 0. The summed E-state index contributed by atoms with van der Waals surface area (Å²) in [5.74, 6) is 1.31. The van der Waals surface area contributed by atoms with Gasteiger partial charge in [-0.1, -0.05) is 18.2 Å². The molecule has 116 valence electrons. The SMILES string of the molecule is Cc1cccc2cc(C(=O)Nc3ccc4c(c3)OCCO4)oc12. The number of aryl methyl sites for hydroxylation is 1. The molecule has 1 N–H and O–H groups in total. The van der Waals surface area contributed by atoms with Gasteiger partial charge in [0.2, 0.25) is 0 Å². The van der Waals surface area contributed by atoms with Gasteiger partial charge in [-0.15, -0.1) is 0 Å². The van der Waals surface area contributed by atoms with E-state index in [9.17, 15) is 4.79 Å². The average Bonchev–Trinajstić information content (AvgIpc) is 3.01. The van der Waals surface area contributed by atoms with Crippen molar-refractivity contribution in [1.82, 2.24) is 0 Å².